The summed E-state index contributed by atoms with van der Waals surface area (Å²) in [5.74, 6) is 0.229. The predicted octanol–water partition coefficient (Wildman–Crippen LogP) is 2.20. The Labute approximate surface area is 104 Å². The maximum atomic E-state index is 11.1. The van der Waals surface area contributed by atoms with E-state index < -0.39 is 4.92 Å². The summed E-state index contributed by atoms with van der Waals surface area (Å²) in [5.41, 5.74) is 0.512. The summed E-state index contributed by atoms with van der Waals surface area (Å²) in [6, 6.07) is 5.58. The van der Waals surface area contributed by atoms with E-state index in [4.69, 9.17) is 4.42 Å². The standard InChI is InChI=1S/C11H5N3O5/c15-5-6-1-4-9(18-6)10-8(14(16)17)3-2-7-11(10)13-19-12-7/h1-5H. The van der Waals surface area contributed by atoms with Crippen LogP contribution in [-0.2, 0) is 0 Å². The molecule has 0 unspecified atom stereocenters. The Morgan fingerprint density at radius 1 is 1.21 bits per heavy atom. The normalized spacial score (nSPS) is 10.7. The molecule has 0 saturated heterocycles. The maximum absolute atomic E-state index is 11.1. The number of carbonyl (C=O) groups excluding carboxylic acids is 1. The number of aromatic nitrogens is 2. The Morgan fingerprint density at radius 2 is 2.05 bits per heavy atom. The van der Waals surface area contributed by atoms with Gasteiger partial charge in [0.25, 0.3) is 5.69 Å². The van der Waals surface area contributed by atoms with Gasteiger partial charge in [0.1, 0.15) is 16.8 Å². The first kappa shape index (κ1) is 11.1. The van der Waals surface area contributed by atoms with E-state index in [2.05, 4.69) is 14.9 Å². The smallest absolute Gasteiger partial charge is 0.282 e. The summed E-state index contributed by atoms with van der Waals surface area (Å²) in [4.78, 5) is 21.1. The lowest BCUT2D eigenvalue weighted by atomic mass is 10.1. The second-order valence-corrected chi connectivity index (χ2v) is 3.67. The first-order chi connectivity index (χ1) is 9.20. The van der Waals surface area contributed by atoms with Crippen molar-refractivity contribution in [2.24, 2.45) is 0 Å². The number of furan rings is 1. The Morgan fingerprint density at radius 3 is 2.74 bits per heavy atom. The minimum absolute atomic E-state index is 0.0674. The summed E-state index contributed by atoms with van der Waals surface area (Å²) in [5, 5.41) is 18.3. The number of nitro benzene ring substituents is 1. The third kappa shape index (κ3) is 1.66. The lowest BCUT2D eigenvalue weighted by molar-refractivity contribution is -0.384. The Bertz CT molecular complexity index is 789. The van der Waals surface area contributed by atoms with Crippen LogP contribution in [0.2, 0.25) is 0 Å². The first-order valence-corrected chi connectivity index (χ1v) is 5.16. The van der Waals surface area contributed by atoms with Crippen molar-refractivity contribution >= 4 is 23.0 Å². The zero-order valence-electron chi connectivity index (χ0n) is 9.27. The topological polar surface area (TPSA) is 112 Å². The average molecular weight is 259 g/mol. The highest BCUT2D eigenvalue weighted by Crippen LogP contribution is 2.36. The summed E-state index contributed by atoms with van der Waals surface area (Å²) in [7, 11) is 0. The van der Waals surface area contributed by atoms with Crippen molar-refractivity contribution in [3.63, 3.8) is 0 Å². The number of hydrogen-bond donors (Lipinski definition) is 0. The molecule has 94 valence electrons. The molecule has 0 atom stereocenters. The van der Waals surface area contributed by atoms with Gasteiger partial charge in [0, 0.05) is 6.07 Å². The molecule has 0 amide bonds. The van der Waals surface area contributed by atoms with Crippen LogP contribution in [0, 0.1) is 10.1 Å². The fraction of sp³-hybridized carbons (Fsp3) is 0. The van der Waals surface area contributed by atoms with Gasteiger partial charge < -0.3 is 4.42 Å². The molecule has 0 aliphatic rings. The van der Waals surface area contributed by atoms with Crippen LogP contribution in [0.25, 0.3) is 22.4 Å². The summed E-state index contributed by atoms with van der Waals surface area (Å²) < 4.78 is 9.77. The second-order valence-electron chi connectivity index (χ2n) is 3.67. The van der Waals surface area contributed by atoms with Gasteiger partial charge in [-0.2, -0.15) is 0 Å². The lowest BCUT2D eigenvalue weighted by Gasteiger charge is -1.99. The van der Waals surface area contributed by atoms with Gasteiger partial charge in [-0.25, -0.2) is 4.63 Å². The Balaban J connectivity index is 2.35. The SMILES string of the molecule is O=Cc1ccc(-c2c([N+](=O)[O-])ccc3nonc23)o1. The number of fused-ring (bicyclic) bond motifs is 1. The highest BCUT2D eigenvalue weighted by molar-refractivity contribution is 5.95. The first-order valence-electron chi connectivity index (χ1n) is 5.16. The van der Waals surface area contributed by atoms with Crippen LogP contribution < -0.4 is 0 Å². The Hall–Kier alpha value is -3.03. The molecule has 8 heteroatoms. The molecule has 0 spiro atoms. The maximum Gasteiger partial charge on any atom is 0.282 e. The van der Waals surface area contributed by atoms with E-state index in [0.717, 1.165) is 0 Å². The van der Waals surface area contributed by atoms with Crippen molar-refractivity contribution in [2.45, 2.75) is 0 Å². The van der Waals surface area contributed by atoms with Crippen LogP contribution in [0.3, 0.4) is 0 Å². The van der Waals surface area contributed by atoms with Crippen molar-refractivity contribution in [2.75, 3.05) is 0 Å². The van der Waals surface area contributed by atoms with Crippen molar-refractivity contribution < 1.29 is 18.8 Å². The third-order valence-electron chi connectivity index (χ3n) is 2.59. The van der Waals surface area contributed by atoms with Crippen LogP contribution in [-0.4, -0.2) is 21.5 Å². The summed E-state index contributed by atoms with van der Waals surface area (Å²) >= 11 is 0. The van der Waals surface area contributed by atoms with Gasteiger partial charge in [-0.05, 0) is 28.5 Å². The third-order valence-corrected chi connectivity index (χ3v) is 2.59. The molecular formula is C11H5N3O5. The molecule has 2 aromatic heterocycles. The molecule has 1 aromatic carbocycles. The van der Waals surface area contributed by atoms with Gasteiger partial charge in [0.15, 0.2) is 17.6 Å². The fourth-order valence-corrected chi connectivity index (χ4v) is 1.79. The largest absolute Gasteiger partial charge is 0.453 e. The van der Waals surface area contributed by atoms with E-state index in [1.807, 2.05) is 0 Å². The molecule has 0 aliphatic carbocycles. The van der Waals surface area contributed by atoms with E-state index >= 15 is 0 Å². The zero-order chi connectivity index (χ0) is 13.4. The van der Waals surface area contributed by atoms with Crippen LogP contribution in [0.5, 0.6) is 0 Å². The quantitative estimate of drug-likeness (QED) is 0.402. The molecule has 3 rings (SSSR count). The highest BCUT2D eigenvalue weighted by atomic mass is 16.6. The second kappa shape index (κ2) is 4.02. The molecule has 0 N–H and O–H groups in total. The molecule has 0 aliphatic heterocycles. The predicted molar refractivity (Wildman–Crippen MR) is 61.5 cm³/mol. The van der Waals surface area contributed by atoms with Gasteiger partial charge in [0.05, 0.1) is 4.92 Å². The molecule has 19 heavy (non-hydrogen) atoms. The number of benzene rings is 1. The number of aldehydes is 1. The fourth-order valence-electron chi connectivity index (χ4n) is 1.79. The monoisotopic (exact) mass is 259 g/mol. The van der Waals surface area contributed by atoms with Crippen molar-refractivity contribution in [3.05, 3.63) is 40.1 Å². The van der Waals surface area contributed by atoms with E-state index in [1.54, 1.807) is 0 Å². The lowest BCUT2D eigenvalue weighted by Crippen LogP contribution is -1.92. The van der Waals surface area contributed by atoms with Crippen LogP contribution in [0.15, 0.2) is 33.3 Å². The van der Waals surface area contributed by atoms with Crippen molar-refractivity contribution in [1.29, 1.82) is 0 Å². The Kier molecular flexibility index (Phi) is 2.34. The van der Waals surface area contributed by atoms with E-state index in [9.17, 15) is 14.9 Å². The van der Waals surface area contributed by atoms with Gasteiger partial charge in [-0.3, -0.25) is 14.9 Å². The molecule has 0 saturated carbocycles. The van der Waals surface area contributed by atoms with Gasteiger partial charge in [0.2, 0.25) is 0 Å². The molecule has 0 radical (unpaired) electrons. The minimum atomic E-state index is -0.563. The number of carbonyl (C=O) groups is 1. The van der Waals surface area contributed by atoms with Crippen LogP contribution in [0.1, 0.15) is 10.6 Å². The van der Waals surface area contributed by atoms with Crippen molar-refractivity contribution in [1.82, 2.24) is 10.3 Å². The molecule has 0 fully saturated rings. The summed E-state index contributed by atoms with van der Waals surface area (Å²) in [6.07, 6.45) is 0.510. The summed E-state index contributed by atoms with van der Waals surface area (Å²) in [6.45, 7) is 0. The molecule has 2 heterocycles. The minimum Gasteiger partial charge on any atom is -0.453 e. The van der Waals surface area contributed by atoms with E-state index in [1.165, 1.54) is 24.3 Å². The molecule has 3 aromatic rings. The molecule has 0 bridgehead atoms. The number of hydrogen-bond acceptors (Lipinski definition) is 7. The highest BCUT2D eigenvalue weighted by Gasteiger charge is 2.24. The van der Waals surface area contributed by atoms with E-state index in [0.29, 0.717) is 11.8 Å². The average Bonchev–Trinajstić information content (AvgIpc) is 3.05. The zero-order valence-corrected chi connectivity index (χ0v) is 9.27. The number of rotatable bonds is 3. The number of nitrogens with zero attached hydrogens (tertiary/aromatic N) is 3. The van der Waals surface area contributed by atoms with Gasteiger partial charge in [-0.1, -0.05) is 0 Å². The number of nitro groups is 1. The van der Waals surface area contributed by atoms with Gasteiger partial charge in [-0.15, -0.1) is 0 Å². The van der Waals surface area contributed by atoms with E-state index in [-0.39, 0.29) is 28.3 Å². The molecular weight excluding hydrogens is 254 g/mol. The van der Waals surface area contributed by atoms with Gasteiger partial charge >= 0.3 is 0 Å². The van der Waals surface area contributed by atoms with Crippen LogP contribution >= 0.6 is 0 Å². The van der Waals surface area contributed by atoms with Crippen molar-refractivity contribution in [3.8, 4) is 11.3 Å². The molecule has 8 nitrogen and oxygen atoms in total. The van der Waals surface area contributed by atoms with Crippen LogP contribution in [0.4, 0.5) is 5.69 Å².